The fraction of sp³-hybridized carbons (Fsp3) is 0.278. The van der Waals surface area contributed by atoms with E-state index in [2.05, 4.69) is 4.90 Å². The monoisotopic (exact) mass is 325 g/mol. The van der Waals surface area contributed by atoms with Crippen molar-refractivity contribution in [1.29, 1.82) is 0 Å². The highest BCUT2D eigenvalue weighted by Gasteiger charge is 2.21. The van der Waals surface area contributed by atoms with Crippen LogP contribution in [0, 0.1) is 10.1 Å². The molecule has 124 valence electrons. The van der Waals surface area contributed by atoms with E-state index in [1.54, 1.807) is 11.9 Å². The highest BCUT2D eigenvalue weighted by Crippen LogP contribution is 2.31. The van der Waals surface area contributed by atoms with Gasteiger partial charge in [-0.25, -0.2) is 0 Å². The molecule has 2 aromatic rings. The van der Waals surface area contributed by atoms with E-state index in [4.69, 9.17) is 0 Å². The first kappa shape index (κ1) is 16.0. The number of nitro groups is 1. The molecule has 1 heterocycles. The van der Waals surface area contributed by atoms with Gasteiger partial charge >= 0.3 is 0 Å². The van der Waals surface area contributed by atoms with E-state index < -0.39 is 4.92 Å². The van der Waals surface area contributed by atoms with Crippen LogP contribution in [0.25, 0.3) is 0 Å². The van der Waals surface area contributed by atoms with Gasteiger partial charge in [-0.05, 0) is 37.1 Å². The standard InChI is InChI=1S/C18H19N3O3/c1-19(18(22)14-8-10-15(11-9-14)21(23)24)16-6-2-3-7-17(16)20-12-4-5-13-20/h2-3,6-11H,4-5,12-13H2,1H3. The molecule has 2 aromatic carbocycles. The van der Waals surface area contributed by atoms with Crippen molar-refractivity contribution in [3.63, 3.8) is 0 Å². The SMILES string of the molecule is CN(C(=O)c1ccc([N+](=O)[O-])cc1)c1ccccc1N1CCCC1. The number of carbonyl (C=O) groups is 1. The minimum Gasteiger partial charge on any atom is -0.370 e. The Kier molecular flexibility index (Phi) is 4.46. The number of hydrogen-bond acceptors (Lipinski definition) is 4. The third kappa shape index (κ3) is 3.08. The minimum atomic E-state index is -0.472. The van der Waals surface area contributed by atoms with Crippen LogP contribution >= 0.6 is 0 Å². The van der Waals surface area contributed by atoms with Gasteiger partial charge in [0.2, 0.25) is 0 Å². The van der Waals surface area contributed by atoms with Gasteiger partial charge in [-0.15, -0.1) is 0 Å². The molecule has 1 fully saturated rings. The number of amides is 1. The number of anilines is 2. The average Bonchev–Trinajstić information content (AvgIpc) is 3.15. The van der Waals surface area contributed by atoms with E-state index in [-0.39, 0.29) is 11.6 Å². The van der Waals surface area contributed by atoms with E-state index >= 15 is 0 Å². The molecule has 0 saturated carbocycles. The molecule has 6 nitrogen and oxygen atoms in total. The zero-order chi connectivity index (χ0) is 17.1. The number of rotatable bonds is 4. The van der Waals surface area contributed by atoms with Gasteiger partial charge in [0.05, 0.1) is 16.3 Å². The summed E-state index contributed by atoms with van der Waals surface area (Å²) in [5.41, 5.74) is 2.31. The van der Waals surface area contributed by atoms with Crippen molar-refractivity contribution < 1.29 is 9.72 Å². The van der Waals surface area contributed by atoms with Crippen LogP contribution in [0.1, 0.15) is 23.2 Å². The molecule has 1 aliphatic heterocycles. The first-order chi connectivity index (χ1) is 11.6. The molecule has 1 aliphatic rings. The Labute approximate surface area is 140 Å². The number of non-ortho nitro benzene ring substituents is 1. The number of carbonyl (C=O) groups excluding carboxylic acids is 1. The molecule has 0 unspecified atom stereocenters. The Bertz CT molecular complexity index is 752. The molecule has 1 saturated heterocycles. The zero-order valence-corrected chi connectivity index (χ0v) is 13.5. The van der Waals surface area contributed by atoms with Gasteiger partial charge in [-0.1, -0.05) is 12.1 Å². The summed E-state index contributed by atoms with van der Waals surface area (Å²) in [6, 6.07) is 13.5. The quantitative estimate of drug-likeness (QED) is 0.637. The van der Waals surface area contributed by atoms with Gasteiger partial charge in [-0.3, -0.25) is 14.9 Å². The topological polar surface area (TPSA) is 66.7 Å². The van der Waals surface area contributed by atoms with Crippen molar-refractivity contribution in [2.75, 3.05) is 29.9 Å². The summed E-state index contributed by atoms with van der Waals surface area (Å²) in [7, 11) is 1.73. The van der Waals surface area contributed by atoms with E-state index in [0.717, 1.165) is 37.3 Å². The number of hydrogen-bond donors (Lipinski definition) is 0. The molecule has 0 radical (unpaired) electrons. The summed E-state index contributed by atoms with van der Waals surface area (Å²) >= 11 is 0. The van der Waals surface area contributed by atoms with Crippen molar-refractivity contribution in [3.8, 4) is 0 Å². The lowest BCUT2D eigenvalue weighted by Crippen LogP contribution is -2.29. The molecule has 6 heteroatoms. The highest BCUT2D eigenvalue weighted by molar-refractivity contribution is 6.07. The Hall–Kier alpha value is -2.89. The number of nitrogens with zero attached hydrogens (tertiary/aromatic N) is 3. The third-order valence-corrected chi connectivity index (χ3v) is 4.32. The van der Waals surface area contributed by atoms with E-state index in [1.165, 1.54) is 24.3 Å². The Balaban J connectivity index is 1.87. The van der Waals surface area contributed by atoms with Crippen molar-refractivity contribution in [2.45, 2.75) is 12.8 Å². The molecule has 0 spiro atoms. The largest absolute Gasteiger partial charge is 0.370 e. The van der Waals surface area contributed by atoms with Gasteiger partial charge in [0.1, 0.15) is 0 Å². The maximum absolute atomic E-state index is 12.7. The maximum atomic E-state index is 12.7. The Morgan fingerprint density at radius 3 is 2.33 bits per heavy atom. The molecule has 0 aromatic heterocycles. The van der Waals surface area contributed by atoms with E-state index in [0.29, 0.717) is 5.56 Å². The molecule has 0 aliphatic carbocycles. The summed E-state index contributed by atoms with van der Waals surface area (Å²) in [4.78, 5) is 26.9. The van der Waals surface area contributed by atoms with E-state index in [1.807, 2.05) is 24.3 Å². The molecular weight excluding hydrogens is 306 g/mol. The second kappa shape index (κ2) is 6.70. The zero-order valence-electron chi connectivity index (χ0n) is 13.5. The van der Waals surface area contributed by atoms with Crippen LogP contribution in [0.5, 0.6) is 0 Å². The predicted octanol–water partition coefficient (Wildman–Crippen LogP) is 3.47. The van der Waals surface area contributed by atoms with Crippen LogP contribution in [-0.2, 0) is 0 Å². The summed E-state index contributed by atoms with van der Waals surface area (Å²) in [6.07, 6.45) is 2.32. The van der Waals surface area contributed by atoms with Gasteiger partial charge in [0, 0.05) is 37.8 Å². The predicted molar refractivity (Wildman–Crippen MR) is 93.7 cm³/mol. The van der Waals surface area contributed by atoms with Gasteiger partial charge in [0.25, 0.3) is 11.6 Å². The van der Waals surface area contributed by atoms with Crippen molar-refractivity contribution in [3.05, 3.63) is 64.2 Å². The van der Waals surface area contributed by atoms with Crippen LogP contribution in [0.3, 0.4) is 0 Å². The van der Waals surface area contributed by atoms with Gasteiger partial charge in [-0.2, -0.15) is 0 Å². The van der Waals surface area contributed by atoms with Crippen molar-refractivity contribution >= 4 is 23.0 Å². The second-order valence-electron chi connectivity index (χ2n) is 5.85. The normalized spacial score (nSPS) is 13.8. The van der Waals surface area contributed by atoms with Crippen LogP contribution in [-0.4, -0.2) is 31.0 Å². The first-order valence-electron chi connectivity index (χ1n) is 7.94. The smallest absolute Gasteiger partial charge is 0.269 e. The summed E-state index contributed by atoms with van der Waals surface area (Å²) in [5, 5.41) is 10.7. The molecule has 1 amide bonds. The molecular formula is C18H19N3O3. The maximum Gasteiger partial charge on any atom is 0.269 e. The van der Waals surface area contributed by atoms with Crippen molar-refractivity contribution in [1.82, 2.24) is 0 Å². The number of nitro benzene ring substituents is 1. The highest BCUT2D eigenvalue weighted by atomic mass is 16.6. The summed E-state index contributed by atoms with van der Waals surface area (Å²) < 4.78 is 0. The fourth-order valence-corrected chi connectivity index (χ4v) is 3.00. The van der Waals surface area contributed by atoms with Crippen molar-refractivity contribution in [2.24, 2.45) is 0 Å². The third-order valence-electron chi connectivity index (χ3n) is 4.32. The minimum absolute atomic E-state index is 0.0216. The summed E-state index contributed by atoms with van der Waals surface area (Å²) in [5.74, 6) is -0.184. The van der Waals surface area contributed by atoms with Crippen LogP contribution < -0.4 is 9.80 Å². The van der Waals surface area contributed by atoms with Gasteiger partial charge < -0.3 is 9.80 Å². The van der Waals surface area contributed by atoms with Crippen LogP contribution in [0.2, 0.25) is 0 Å². The Morgan fingerprint density at radius 2 is 1.71 bits per heavy atom. The lowest BCUT2D eigenvalue weighted by atomic mass is 10.1. The first-order valence-corrected chi connectivity index (χ1v) is 7.94. The molecule has 0 bridgehead atoms. The molecule has 3 rings (SSSR count). The second-order valence-corrected chi connectivity index (χ2v) is 5.85. The molecule has 0 N–H and O–H groups in total. The fourth-order valence-electron chi connectivity index (χ4n) is 3.00. The summed E-state index contributed by atoms with van der Waals surface area (Å²) in [6.45, 7) is 1.99. The lowest BCUT2D eigenvalue weighted by molar-refractivity contribution is -0.384. The lowest BCUT2D eigenvalue weighted by Gasteiger charge is -2.26. The van der Waals surface area contributed by atoms with E-state index in [9.17, 15) is 14.9 Å². The number of benzene rings is 2. The number of para-hydroxylation sites is 2. The van der Waals surface area contributed by atoms with Gasteiger partial charge in [0.15, 0.2) is 0 Å². The Morgan fingerprint density at radius 1 is 1.08 bits per heavy atom. The van der Waals surface area contributed by atoms with Crippen LogP contribution in [0.4, 0.5) is 17.1 Å². The molecule has 24 heavy (non-hydrogen) atoms. The molecule has 0 atom stereocenters. The van der Waals surface area contributed by atoms with Crippen LogP contribution in [0.15, 0.2) is 48.5 Å². The average molecular weight is 325 g/mol.